The quantitative estimate of drug-likeness (QED) is 0.767. The molecule has 0 N–H and O–H groups in total. The summed E-state index contributed by atoms with van der Waals surface area (Å²) in [7, 11) is 0. The van der Waals surface area contributed by atoms with Crippen molar-refractivity contribution in [3.63, 3.8) is 0 Å². The summed E-state index contributed by atoms with van der Waals surface area (Å²) in [4.78, 5) is 0. The van der Waals surface area contributed by atoms with Crippen molar-refractivity contribution in [2.24, 2.45) is 0 Å². The van der Waals surface area contributed by atoms with Crippen LogP contribution in [0.4, 0.5) is 0 Å². The average Bonchev–Trinajstić information content (AvgIpc) is 2.40. The molecule has 0 amide bonds. The smallest absolute Gasteiger partial charge is 0.0991 e. The molecule has 0 saturated heterocycles. The van der Waals surface area contributed by atoms with Crippen LogP contribution in [-0.2, 0) is 6.42 Å². The van der Waals surface area contributed by atoms with Crippen LogP contribution in [0.5, 0.6) is 0 Å². The third kappa shape index (κ3) is 2.54. The zero-order chi connectivity index (χ0) is 12.1. The van der Waals surface area contributed by atoms with Gasteiger partial charge in [-0.3, -0.25) is 0 Å². The van der Waals surface area contributed by atoms with E-state index in [0.29, 0.717) is 5.56 Å². The first kappa shape index (κ1) is 11.4. The van der Waals surface area contributed by atoms with E-state index < -0.39 is 0 Å². The number of hydrogen-bond acceptors (Lipinski definition) is 1. The number of nitrogens with zero attached hydrogens (tertiary/aromatic N) is 1. The molecule has 0 unspecified atom stereocenters. The average molecular weight is 220 g/mol. The zero-order valence-corrected chi connectivity index (χ0v) is 9.90. The maximum Gasteiger partial charge on any atom is 0.0991 e. The van der Waals surface area contributed by atoms with E-state index in [1.54, 1.807) is 0 Å². The summed E-state index contributed by atoms with van der Waals surface area (Å²) in [6.45, 7) is 2.18. The van der Waals surface area contributed by atoms with E-state index in [9.17, 15) is 0 Å². The number of aryl methyl sites for hydroxylation is 1. The van der Waals surface area contributed by atoms with Gasteiger partial charge in [0.05, 0.1) is 11.6 Å². The second kappa shape index (κ2) is 5.32. The lowest BCUT2D eigenvalue weighted by Gasteiger charge is -2.08. The molecule has 1 heteroatoms. The summed E-state index contributed by atoms with van der Waals surface area (Å²) in [6.07, 6.45) is 2.19. The molecular formula is C16H14N. The summed E-state index contributed by atoms with van der Waals surface area (Å²) in [5, 5.41) is 8.78. The first-order chi connectivity index (χ1) is 8.35. The molecule has 0 aliphatic carbocycles. The Kier molecular flexibility index (Phi) is 3.57. The largest absolute Gasteiger partial charge is 0.192 e. The van der Waals surface area contributed by atoms with Crippen LogP contribution in [-0.4, -0.2) is 0 Å². The highest BCUT2D eigenvalue weighted by molar-refractivity contribution is 5.67. The molecule has 0 bridgehead atoms. The topological polar surface area (TPSA) is 23.8 Å². The lowest BCUT2D eigenvalue weighted by molar-refractivity contribution is 0.923. The lowest BCUT2D eigenvalue weighted by atomic mass is 9.96. The number of benzene rings is 2. The standard InChI is InChI=1S/C16H14N/c1-2-5-14-6-3-4-7-16(14)15-10-8-13(12-17)9-11-15/h4,6-11H,2,5H2,1H3. The van der Waals surface area contributed by atoms with Crippen LogP contribution < -0.4 is 0 Å². The Hall–Kier alpha value is -2.07. The van der Waals surface area contributed by atoms with Gasteiger partial charge >= 0.3 is 0 Å². The Morgan fingerprint density at radius 3 is 2.59 bits per heavy atom. The van der Waals surface area contributed by atoms with Crippen LogP contribution >= 0.6 is 0 Å². The second-order valence-corrected chi connectivity index (χ2v) is 4.02. The predicted molar refractivity (Wildman–Crippen MR) is 69.4 cm³/mol. The van der Waals surface area contributed by atoms with Gasteiger partial charge in [0.15, 0.2) is 0 Å². The number of nitriles is 1. The van der Waals surface area contributed by atoms with E-state index in [2.05, 4.69) is 31.2 Å². The Balaban J connectivity index is 2.41. The molecule has 17 heavy (non-hydrogen) atoms. The molecule has 0 aromatic heterocycles. The molecular weight excluding hydrogens is 206 g/mol. The fourth-order valence-corrected chi connectivity index (χ4v) is 1.95. The fourth-order valence-electron chi connectivity index (χ4n) is 1.95. The molecule has 2 rings (SSSR count). The molecule has 0 fully saturated rings. The van der Waals surface area contributed by atoms with Crippen LogP contribution in [0.15, 0.2) is 42.5 Å². The van der Waals surface area contributed by atoms with E-state index in [4.69, 9.17) is 5.26 Å². The molecule has 0 aliphatic heterocycles. The van der Waals surface area contributed by atoms with Crippen LogP contribution in [0.25, 0.3) is 11.1 Å². The number of hydrogen-bond donors (Lipinski definition) is 0. The Morgan fingerprint density at radius 2 is 1.94 bits per heavy atom. The minimum absolute atomic E-state index is 0.702. The molecule has 83 valence electrons. The zero-order valence-electron chi connectivity index (χ0n) is 9.90. The highest BCUT2D eigenvalue weighted by Gasteiger charge is 2.03. The van der Waals surface area contributed by atoms with Crippen molar-refractivity contribution < 1.29 is 0 Å². The first-order valence-electron chi connectivity index (χ1n) is 5.84. The van der Waals surface area contributed by atoms with E-state index >= 15 is 0 Å². The van der Waals surface area contributed by atoms with Gasteiger partial charge in [0, 0.05) is 0 Å². The minimum Gasteiger partial charge on any atom is -0.192 e. The van der Waals surface area contributed by atoms with Gasteiger partial charge in [0.25, 0.3) is 0 Å². The van der Waals surface area contributed by atoms with E-state index in [1.807, 2.05) is 30.3 Å². The van der Waals surface area contributed by atoms with Crippen molar-refractivity contribution in [2.45, 2.75) is 19.8 Å². The van der Waals surface area contributed by atoms with E-state index in [0.717, 1.165) is 12.8 Å². The summed E-state index contributed by atoms with van der Waals surface area (Å²) in [5.41, 5.74) is 4.43. The number of rotatable bonds is 3. The third-order valence-corrected chi connectivity index (χ3v) is 2.79. The van der Waals surface area contributed by atoms with Crippen molar-refractivity contribution in [1.29, 1.82) is 5.26 Å². The maximum absolute atomic E-state index is 8.78. The van der Waals surface area contributed by atoms with Crippen molar-refractivity contribution in [3.05, 3.63) is 59.7 Å². The molecule has 2 aromatic rings. The molecule has 2 aromatic carbocycles. The molecule has 0 atom stereocenters. The van der Waals surface area contributed by atoms with E-state index in [1.165, 1.54) is 16.7 Å². The van der Waals surface area contributed by atoms with Gasteiger partial charge in [-0.25, -0.2) is 0 Å². The molecule has 0 spiro atoms. The fraction of sp³-hybridized carbons (Fsp3) is 0.188. The third-order valence-electron chi connectivity index (χ3n) is 2.79. The molecule has 0 saturated carbocycles. The Labute approximate surface area is 102 Å². The normalized spacial score (nSPS) is 9.88. The van der Waals surface area contributed by atoms with Gasteiger partial charge in [-0.05, 0) is 41.3 Å². The SMILES string of the molecule is CCCc1c[c]ccc1-c1ccc(C#N)cc1. The van der Waals surface area contributed by atoms with Crippen LogP contribution in [0, 0.1) is 17.4 Å². The summed E-state index contributed by atoms with van der Waals surface area (Å²) in [5.74, 6) is 0. The van der Waals surface area contributed by atoms with Crippen molar-refractivity contribution in [1.82, 2.24) is 0 Å². The van der Waals surface area contributed by atoms with Gasteiger partial charge < -0.3 is 0 Å². The van der Waals surface area contributed by atoms with Crippen LogP contribution in [0.3, 0.4) is 0 Å². The molecule has 0 heterocycles. The van der Waals surface area contributed by atoms with Gasteiger partial charge in [-0.1, -0.05) is 43.7 Å². The monoisotopic (exact) mass is 220 g/mol. The molecule has 1 nitrogen and oxygen atoms in total. The van der Waals surface area contributed by atoms with E-state index in [-0.39, 0.29) is 0 Å². The Bertz CT molecular complexity index is 532. The van der Waals surface area contributed by atoms with Crippen molar-refractivity contribution in [3.8, 4) is 17.2 Å². The van der Waals surface area contributed by atoms with Crippen LogP contribution in [0.2, 0.25) is 0 Å². The van der Waals surface area contributed by atoms with Crippen LogP contribution in [0.1, 0.15) is 24.5 Å². The highest BCUT2D eigenvalue weighted by atomic mass is 14.2. The summed E-state index contributed by atoms with van der Waals surface area (Å²) < 4.78 is 0. The van der Waals surface area contributed by atoms with Gasteiger partial charge in [-0.2, -0.15) is 5.26 Å². The van der Waals surface area contributed by atoms with Crippen molar-refractivity contribution >= 4 is 0 Å². The van der Waals surface area contributed by atoms with Crippen molar-refractivity contribution in [2.75, 3.05) is 0 Å². The maximum atomic E-state index is 8.78. The summed E-state index contributed by atoms with van der Waals surface area (Å²) >= 11 is 0. The molecule has 0 aliphatic rings. The van der Waals surface area contributed by atoms with Gasteiger partial charge in [0.2, 0.25) is 0 Å². The minimum atomic E-state index is 0.702. The lowest BCUT2D eigenvalue weighted by Crippen LogP contribution is -1.89. The predicted octanol–water partition coefficient (Wildman–Crippen LogP) is 3.98. The molecule has 1 radical (unpaired) electrons. The summed E-state index contributed by atoms with van der Waals surface area (Å²) in [6, 6.07) is 19.1. The second-order valence-electron chi connectivity index (χ2n) is 4.02. The van der Waals surface area contributed by atoms with Gasteiger partial charge in [-0.15, -0.1) is 0 Å². The van der Waals surface area contributed by atoms with Gasteiger partial charge in [0.1, 0.15) is 0 Å². The Morgan fingerprint density at radius 1 is 1.18 bits per heavy atom. The highest BCUT2D eigenvalue weighted by Crippen LogP contribution is 2.24. The first-order valence-corrected chi connectivity index (χ1v) is 5.84.